The van der Waals surface area contributed by atoms with E-state index in [-0.39, 0.29) is 23.3 Å². The number of carbonyl (C=O) groups excluding carboxylic acids is 1. The van der Waals surface area contributed by atoms with Gasteiger partial charge in [-0.2, -0.15) is 0 Å². The average molecular weight is 403 g/mol. The van der Waals surface area contributed by atoms with Crippen molar-refractivity contribution in [1.82, 2.24) is 5.32 Å². The van der Waals surface area contributed by atoms with Crippen LogP contribution in [-0.2, 0) is 14.6 Å². The fourth-order valence-electron chi connectivity index (χ4n) is 3.01. The summed E-state index contributed by atoms with van der Waals surface area (Å²) in [5.41, 5.74) is 1.63. The fraction of sp³-hybridized carbons (Fsp3) is 0.381. The van der Waals surface area contributed by atoms with Crippen molar-refractivity contribution in [3.05, 3.63) is 54.1 Å². The summed E-state index contributed by atoms with van der Waals surface area (Å²) in [6.07, 6.45) is 1.75. The first-order chi connectivity index (χ1) is 13.3. The van der Waals surface area contributed by atoms with Crippen LogP contribution in [-0.4, -0.2) is 42.1 Å². The van der Waals surface area contributed by atoms with E-state index in [1.54, 1.807) is 12.1 Å². The van der Waals surface area contributed by atoms with Crippen LogP contribution in [0.1, 0.15) is 23.7 Å². The predicted molar refractivity (Wildman–Crippen MR) is 109 cm³/mol. The lowest BCUT2D eigenvalue weighted by molar-refractivity contribution is -0.122. The van der Waals surface area contributed by atoms with E-state index in [0.717, 1.165) is 18.5 Å². The molecule has 0 aliphatic heterocycles. The highest BCUT2D eigenvalue weighted by atomic mass is 32.2. The standard InChI is InChI=1S/C21H26N2O4S/c1-23(2)17-8-6-15(7-9-17)20(14-22-21(24)16-4-5-16)28(25,26)19-12-10-18(27-3)11-13-19/h6-13,16,20H,4-5,14H2,1-3H3,(H,22,24)/t20-/m0/s1. The van der Waals surface area contributed by atoms with E-state index in [9.17, 15) is 13.2 Å². The smallest absolute Gasteiger partial charge is 0.223 e. The number of anilines is 1. The van der Waals surface area contributed by atoms with Crippen molar-refractivity contribution in [2.45, 2.75) is 23.0 Å². The lowest BCUT2D eigenvalue weighted by Gasteiger charge is -2.20. The summed E-state index contributed by atoms with van der Waals surface area (Å²) in [4.78, 5) is 14.3. The summed E-state index contributed by atoms with van der Waals surface area (Å²) >= 11 is 0. The second-order valence-electron chi connectivity index (χ2n) is 7.21. The minimum atomic E-state index is -3.70. The zero-order valence-electron chi connectivity index (χ0n) is 16.4. The van der Waals surface area contributed by atoms with Crippen LogP contribution in [0.25, 0.3) is 0 Å². The van der Waals surface area contributed by atoms with Crippen LogP contribution < -0.4 is 15.0 Å². The van der Waals surface area contributed by atoms with Crippen LogP contribution in [0.4, 0.5) is 5.69 Å². The van der Waals surface area contributed by atoms with Crippen LogP contribution in [0.3, 0.4) is 0 Å². The summed E-state index contributed by atoms with van der Waals surface area (Å²) < 4.78 is 31.8. The number of sulfone groups is 1. The van der Waals surface area contributed by atoms with Gasteiger partial charge in [0.2, 0.25) is 5.91 Å². The van der Waals surface area contributed by atoms with E-state index in [4.69, 9.17) is 4.74 Å². The summed E-state index contributed by atoms with van der Waals surface area (Å²) in [5, 5.41) is 1.96. The molecule has 1 saturated carbocycles. The first-order valence-corrected chi connectivity index (χ1v) is 10.8. The Kier molecular flexibility index (Phi) is 5.93. The molecular weight excluding hydrogens is 376 g/mol. The third-order valence-electron chi connectivity index (χ3n) is 4.95. The van der Waals surface area contributed by atoms with E-state index >= 15 is 0 Å². The molecule has 0 spiro atoms. The van der Waals surface area contributed by atoms with E-state index in [1.165, 1.54) is 19.2 Å². The molecule has 0 unspecified atom stereocenters. The van der Waals surface area contributed by atoms with Crippen LogP contribution in [0.2, 0.25) is 0 Å². The maximum atomic E-state index is 13.3. The van der Waals surface area contributed by atoms with E-state index < -0.39 is 15.1 Å². The molecule has 6 nitrogen and oxygen atoms in total. The molecule has 1 aliphatic rings. The van der Waals surface area contributed by atoms with Crippen molar-refractivity contribution >= 4 is 21.4 Å². The molecule has 1 amide bonds. The van der Waals surface area contributed by atoms with Gasteiger partial charge in [-0.15, -0.1) is 0 Å². The number of hydrogen-bond acceptors (Lipinski definition) is 5. The molecule has 2 aromatic rings. The first kappa shape index (κ1) is 20.2. The lowest BCUT2D eigenvalue weighted by atomic mass is 10.1. The maximum Gasteiger partial charge on any atom is 0.223 e. The zero-order chi connectivity index (χ0) is 20.3. The molecule has 2 aromatic carbocycles. The zero-order valence-corrected chi connectivity index (χ0v) is 17.2. The minimum Gasteiger partial charge on any atom is -0.497 e. The van der Waals surface area contributed by atoms with Crippen molar-refractivity contribution < 1.29 is 17.9 Å². The Labute approximate surface area is 166 Å². The highest BCUT2D eigenvalue weighted by Crippen LogP contribution is 2.32. The number of methoxy groups -OCH3 is 1. The molecule has 1 aliphatic carbocycles. The fourth-order valence-corrected chi connectivity index (χ4v) is 4.67. The first-order valence-electron chi connectivity index (χ1n) is 9.26. The average Bonchev–Trinajstić information content (AvgIpc) is 3.53. The van der Waals surface area contributed by atoms with E-state index in [1.807, 2.05) is 43.3 Å². The normalized spacial score (nSPS) is 15.0. The Morgan fingerprint density at radius 1 is 1.11 bits per heavy atom. The van der Waals surface area contributed by atoms with Crippen LogP contribution in [0.15, 0.2) is 53.4 Å². The molecule has 1 fully saturated rings. The van der Waals surface area contributed by atoms with Crippen LogP contribution in [0.5, 0.6) is 5.75 Å². The third-order valence-corrected chi connectivity index (χ3v) is 7.07. The number of hydrogen-bond donors (Lipinski definition) is 1. The second-order valence-corrected chi connectivity index (χ2v) is 9.35. The van der Waals surface area contributed by atoms with Gasteiger partial charge in [-0.3, -0.25) is 4.79 Å². The van der Waals surface area contributed by atoms with Gasteiger partial charge >= 0.3 is 0 Å². The van der Waals surface area contributed by atoms with Crippen molar-refractivity contribution in [2.75, 3.05) is 32.6 Å². The summed E-state index contributed by atoms with van der Waals surface area (Å²) in [6, 6.07) is 13.7. The Morgan fingerprint density at radius 2 is 1.71 bits per heavy atom. The lowest BCUT2D eigenvalue weighted by Crippen LogP contribution is -2.32. The number of nitrogens with zero attached hydrogens (tertiary/aromatic N) is 1. The van der Waals surface area contributed by atoms with Crippen molar-refractivity contribution in [1.29, 1.82) is 0 Å². The topological polar surface area (TPSA) is 75.7 Å². The number of rotatable bonds is 8. The van der Waals surface area contributed by atoms with Crippen molar-refractivity contribution in [2.24, 2.45) is 5.92 Å². The van der Waals surface area contributed by atoms with Crippen LogP contribution in [0, 0.1) is 5.92 Å². The van der Waals surface area contributed by atoms with Gasteiger partial charge in [0.05, 0.1) is 12.0 Å². The number of benzene rings is 2. The minimum absolute atomic E-state index is 0.0282. The maximum absolute atomic E-state index is 13.3. The van der Waals surface area contributed by atoms with Gasteiger partial charge in [-0.05, 0) is 54.8 Å². The molecule has 3 rings (SSSR count). The highest BCUT2D eigenvalue weighted by molar-refractivity contribution is 7.91. The van der Waals surface area contributed by atoms with Gasteiger partial charge < -0.3 is 15.0 Å². The molecule has 0 aromatic heterocycles. The predicted octanol–water partition coefficient (Wildman–Crippen LogP) is 2.80. The van der Waals surface area contributed by atoms with Crippen molar-refractivity contribution in [3.63, 3.8) is 0 Å². The van der Waals surface area contributed by atoms with Gasteiger partial charge in [-0.25, -0.2) is 8.42 Å². The number of carbonyl (C=O) groups is 1. The summed E-state index contributed by atoms with van der Waals surface area (Å²) in [5.74, 6) is 0.549. The van der Waals surface area contributed by atoms with Gasteiger partial charge in [0.15, 0.2) is 9.84 Å². The Morgan fingerprint density at radius 3 is 2.21 bits per heavy atom. The molecule has 28 heavy (non-hydrogen) atoms. The molecule has 150 valence electrons. The Balaban J connectivity index is 1.92. The summed E-state index contributed by atoms with van der Waals surface area (Å²) in [6.45, 7) is 0.0466. The van der Waals surface area contributed by atoms with E-state index in [2.05, 4.69) is 5.32 Å². The monoisotopic (exact) mass is 402 g/mol. The molecule has 0 bridgehead atoms. The summed E-state index contributed by atoms with van der Waals surface area (Å²) in [7, 11) is 1.69. The third kappa shape index (κ3) is 4.47. The molecule has 0 saturated heterocycles. The molecule has 1 atom stereocenters. The SMILES string of the molecule is COc1ccc(S(=O)(=O)[C@@H](CNC(=O)C2CC2)c2ccc(N(C)C)cc2)cc1. The molecule has 0 radical (unpaired) electrons. The van der Waals surface area contributed by atoms with Gasteiger partial charge in [0.25, 0.3) is 0 Å². The van der Waals surface area contributed by atoms with Gasteiger partial charge in [-0.1, -0.05) is 12.1 Å². The second kappa shape index (κ2) is 8.22. The molecule has 7 heteroatoms. The van der Waals surface area contributed by atoms with Gasteiger partial charge in [0, 0.05) is 32.2 Å². The largest absolute Gasteiger partial charge is 0.497 e. The number of ether oxygens (including phenoxy) is 1. The molecular formula is C21H26N2O4S. The number of amides is 1. The quantitative estimate of drug-likeness (QED) is 0.735. The molecule has 1 N–H and O–H groups in total. The highest BCUT2D eigenvalue weighted by Gasteiger charge is 2.33. The van der Waals surface area contributed by atoms with Crippen molar-refractivity contribution in [3.8, 4) is 5.75 Å². The Bertz CT molecular complexity index is 918. The van der Waals surface area contributed by atoms with Gasteiger partial charge in [0.1, 0.15) is 11.0 Å². The Hall–Kier alpha value is -2.54. The molecule has 0 heterocycles. The van der Waals surface area contributed by atoms with Crippen LogP contribution >= 0.6 is 0 Å². The number of nitrogens with one attached hydrogen (secondary N) is 1. The van der Waals surface area contributed by atoms with E-state index in [0.29, 0.717) is 11.3 Å².